The Morgan fingerprint density at radius 3 is 1.80 bits per heavy atom. The molecule has 0 bridgehead atoms. The van der Waals surface area contributed by atoms with E-state index in [2.05, 4.69) is 37.3 Å². The van der Waals surface area contributed by atoms with E-state index in [-0.39, 0.29) is 12.5 Å². The maximum Gasteiger partial charge on any atom is 0.127 e. The number of hydrogen-bond donors (Lipinski definition) is 0. The molecule has 2 aromatic carbocycles. The standard InChI is InChI=1S/C28H36F2/c1-20-2-12-24(13-3-20)26-16-17-27(28(30)18-26)25-14-10-22(11-15-25)5-4-21-6-8-23(19-29)9-7-21/h2-3,12-13,16-18,21-23,25H,4-11,14-15,19H2,1H3/t21-,22-,23-,25-. The lowest BCUT2D eigenvalue weighted by Gasteiger charge is -2.31. The summed E-state index contributed by atoms with van der Waals surface area (Å²) in [6, 6.07) is 14.1. The average Bonchev–Trinajstić information content (AvgIpc) is 2.79. The van der Waals surface area contributed by atoms with Gasteiger partial charge in [0.2, 0.25) is 0 Å². The minimum atomic E-state index is -0.126. The SMILES string of the molecule is Cc1ccc(-c2ccc([C@H]3CC[C@H](CC[C@H]4CC[C@H](CF)CC4)CC3)c(F)c2)cc1. The third-order valence-electron chi connectivity index (χ3n) is 7.84. The number of aryl methyl sites for hydroxylation is 1. The number of hydrogen-bond acceptors (Lipinski definition) is 0. The molecule has 0 spiro atoms. The van der Waals surface area contributed by atoms with Gasteiger partial charge in [-0.05, 0) is 91.9 Å². The Morgan fingerprint density at radius 1 is 0.700 bits per heavy atom. The van der Waals surface area contributed by atoms with E-state index >= 15 is 0 Å². The topological polar surface area (TPSA) is 0 Å². The Morgan fingerprint density at radius 2 is 1.23 bits per heavy atom. The highest BCUT2D eigenvalue weighted by Crippen LogP contribution is 2.41. The fourth-order valence-electron chi connectivity index (χ4n) is 5.69. The monoisotopic (exact) mass is 410 g/mol. The summed E-state index contributed by atoms with van der Waals surface area (Å²) < 4.78 is 27.7. The number of halogens is 2. The molecule has 0 N–H and O–H groups in total. The lowest BCUT2D eigenvalue weighted by atomic mass is 9.74. The van der Waals surface area contributed by atoms with Gasteiger partial charge >= 0.3 is 0 Å². The van der Waals surface area contributed by atoms with E-state index in [9.17, 15) is 8.78 Å². The predicted molar refractivity (Wildman–Crippen MR) is 122 cm³/mol. The van der Waals surface area contributed by atoms with Gasteiger partial charge in [-0.3, -0.25) is 4.39 Å². The molecule has 2 fully saturated rings. The van der Waals surface area contributed by atoms with E-state index in [1.165, 1.54) is 44.1 Å². The third-order valence-corrected chi connectivity index (χ3v) is 7.84. The molecule has 162 valence electrons. The van der Waals surface area contributed by atoms with Crippen molar-refractivity contribution in [3.8, 4) is 11.1 Å². The van der Waals surface area contributed by atoms with Gasteiger partial charge in [-0.2, -0.15) is 0 Å². The molecule has 0 unspecified atom stereocenters. The van der Waals surface area contributed by atoms with Crippen molar-refractivity contribution in [3.63, 3.8) is 0 Å². The van der Waals surface area contributed by atoms with Crippen LogP contribution in [0.2, 0.25) is 0 Å². The highest BCUT2D eigenvalue weighted by Gasteiger charge is 2.26. The van der Waals surface area contributed by atoms with Gasteiger partial charge < -0.3 is 0 Å². The maximum atomic E-state index is 14.9. The Balaban J connectivity index is 1.27. The van der Waals surface area contributed by atoms with E-state index in [4.69, 9.17) is 0 Å². The van der Waals surface area contributed by atoms with E-state index in [1.807, 2.05) is 6.07 Å². The molecule has 2 heteroatoms. The minimum Gasteiger partial charge on any atom is -0.251 e. The Labute approximate surface area is 181 Å². The minimum absolute atomic E-state index is 0.0406. The van der Waals surface area contributed by atoms with Crippen molar-refractivity contribution in [2.45, 2.75) is 77.0 Å². The van der Waals surface area contributed by atoms with E-state index < -0.39 is 0 Å². The number of alkyl halides is 1. The molecule has 2 aliphatic carbocycles. The van der Waals surface area contributed by atoms with Crippen LogP contribution in [0.25, 0.3) is 11.1 Å². The predicted octanol–water partition coefficient (Wildman–Crippen LogP) is 8.63. The maximum absolute atomic E-state index is 14.9. The zero-order chi connectivity index (χ0) is 20.9. The molecule has 4 rings (SSSR count). The van der Waals surface area contributed by atoms with Gasteiger partial charge in [0.05, 0.1) is 6.67 Å². The van der Waals surface area contributed by atoms with Crippen LogP contribution >= 0.6 is 0 Å². The fourth-order valence-corrected chi connectivity index (χ4v) is 5.69. The zero-order valence-electron chi connectivity index (χ0n) is 18.4. The van der Waals surface area contributed by atoms with Gasteiger partial charge in [0, 0.05) is 0 Å². The molecule has 2 saturated carbocycles. The van der Waals surface area contributed by atoms with Crippen LogP contribution in [-0.4, -0.2) is 6.67 Å². The zero-order valence-corrected chi connectivity index (χ0v) is 18.4. The van der Waals surface area contributed by atoms with Crippen LogP contribution < -0.4 is 0 Å². The molecule has 2 aromatic rings. The summed E-state index contributed by atoms with van der Waals surface area (Å²) in [4.78, 5) is 0. The molecule has 0 aliphatic heterocycles. The summed E-state index contributed by atoms with van der Waals surface area (Å²) in [6.07, 6.45) is 11.9. The van der Waals surface area contributed by atoms with Gasteiger partial charge in [-0.25, -0.2) is 4.39 Å². The number of rotatable bonds is 6. The normalized spacial score (nSPS) is 27.2. The molecule has 2 aliphatic rings. The van der Waals surface area contributed by atoms with Gasteiger partial charge in [-0.15, -0.1) is 0 Å². The first-order valence-electron chi connectivity index (χ1n) is 12.0. The van der Waals surface area contributed by atoms with Gasteiger partial charge in [0.25, 0.3) is 0 Å². The van der Waals surface area contributed by atoms with Gasteiger partial charge in [0.15, 0.2) is 0 Å². The van der Waals surface area contributed by atoms with Crippen LogP contribution in [0.15, 0.2) is 42.5 Å². The summed E-state index contributed by atoms with van der Waals surface area (Å²) in [6.45, 7) is 1.94. The molecule has 0 heterocycles. The summed E-state index contributed by atoms with van der Waals surface area (Å²) in [5.41, 5.74) is 4.18. The van der Waals surface area contributed by atoms with Gasteiger partial charge in [0.1, 0.15) is 5.82 Å². The molecule has 0 radical (unpaired) electrons. The van der Waals surface area contributed by atoms with E-state index in [1.54, 1.807) is 6.07 Å². The van der Waals surface area contributed by atoms with Crippen molar-refractivity contribution >= 4 is 0 Å². The van der Waals surface area contributed by atoms with Crippen LogP contribution in [-0.2, 0) is 0 Å². The largest absolute Gasteiger partial charge is 0.251 e. The lowest BCUT2D eigenvalue weighted by molar-refractivity contribution is 0.206. The van der Waals surface area contributed by atoms with Crippen LogP contribution in [0.4, 0.5) is 8.78 Å². The molecule has 0 amide bonds. The number of benzene rings is 2. The fraction of sp³-hybridized carbons (Fsp3) is 0.571. The quantitative estimate of drug-likeness (QED) is 0.447. The van der Waals surface area contributed by atoms with Crippen molar-refractivity contribution in [2.24, 2.45) is 17.8 Å². The average molecular weight is 411 g/mol. The van der Waals surface area contributed by atoms with E-state index in [0.717, 1.165) is 54.2 Å². The van der Waals surface area contributed by atoms with Crippen molar-refractivity contribution in [2.75, 3.05) is 6.67 Å². The third kappa shape index (κ3) is 5.31. The van der Waals surface area contributed by atoms with Crippen LogP contribution in [0.5, 0.6) is 0 Å². The Hall–Kier alpha value is -1.70. The molecule has 0 saturated heterocycles. The molecule has 0 aromatic heterocycles. The van der Waals surface area contributed by atoms with Crippen LogP contribution in [0.3, 0.4) is 0 Å². The molecule has 0 nitrogen and oxygen atoms in total. The van der Waals surface area contributed by atoms with Gasteiger partial charge in [-0.1, -0.05) is 67.6 Å². The first-order valence-corrected chi connectivity index (χ1v) is 12.0. The van der Waals surface area contributed by atoms with Crippen molar-refractivity contribution < 1.29 is 8.78 Å². The Kier molecular flexibility index (Phi) is 7.23. The second-order valence-electron chi connectivity index (χ2n) is 9.94. The second kappa shape index (κ2) is 10.1. The summed E-state index contributed by atoms with van der Waals surface area (Å²) in [5.74, 6) is 2.28. The second-order valence-corrected chi connectivity index (χ2v) is 9.94. The highest BCUT2D eigenvalue weighted by atomic mass is 19.1. The molecular formula is C28H36F2. The smallest absolute Gasteiger partial charge is 0.127 e. The van der Waals surface area contributed by atoms with Crippen molar-refractivity contribution in [1.29, 1.82) is 0 Å². The molecule has 0 atom stereocenters. The summed E-state index contributed by atoms with van der Waals surface area (Å²) in [5, 5.41) is 0. The van der Waals surface area contributed by atoms with Crippen molar-refractivity contribution in [1.82, 2.24) is 0 Å². The van der Waals surface area contributed by atoms with Crippen LogP contribution in [0.1, 0.15) is 81.3 Å². The summed E-state index contributed by atoms with van der Waals surface area (Å²) in [7, 11) is 0. The lowest BCUT2D eigenvalue weighted by Crippen LogP contribution is -2.18. The first-order chi connectivity index (χ1) is 14.6. The Bertz CT molecular complexity index is 794. The highest BCUT2D eigenvalue weighted by molar-refractivity contribution is 5.64. The molecular weight excluding hydrogens is 374 g/mol. The molecule has 30 heavy (non-hydrogen) atoms. The summed E-state index contributed by atoms with van der Waals surface area (Å²) >= 11 is 0. The first kappa shape index (κ1) is 21.5. The van der Waals surface area contributed by atoms with Crippen LogP contribution in [0, 0.1) is 30.5 Å². The van der Waals surface area contributed by atoms with Crippen molar-refractivity contribution in [3.05, 3.63) is 59.4 Å². The van der Waals surface area contributed by atoms with E-state index in [0.29, 0.717) is 11.8 Å².